The fourth-order valence-electron chi connectivity index (χ4n) is 1.43. The molecule has 0 fully saturated rings. The topological polar surface area (TPSA) is 110 Å². The summed E-state index contributed by atoms with van der Waals surface area (Å²) in [6.07, 6.45) is 6.92. The molecule has 8 nitrogen and oxygen atoms in total. The molecule has 0 saturated heterocycles. The average molecular weight is 246 g/mol. The number of aromatic amines is 1. The van der Waals surface area contributed by atoms with E-state index >= 15 is 0 Å². The van der Waals surface area contributed by atoms with Crippen molar-refractivity contribution in [2.24, 2.45) is 7.05 Å². The van der Waals surface area contributed by atoms with E-state index in [-0.39, 0.29) is 6.47 Å². The molecule has 3 rings (SSSR count). The lowest BCUT2D eigenvalue weighted by atomic mass is 10.3. The van der Waals surface area contributed by atoms with Crippen molar-refractivity contribution in [1.29, 1.82) is 0 Å². The van der Waals surface area contributed by atoms with Crippen LogP contribution >= 0.6 is 0 Å². The van der Waals surface area contributed by atoms with E-state index in [4.69, 9.17) is 9.90 Å². The molecule has 0 aromatic carbocycles. The predicted molar refractivity (Wildman–Crippen MR) is 62.6 cm³/mol. The zero-order valence-electron chi connectivity index (χ0n) is 9.48. The van der Waals surface area contributed by atoms with Crippen molar-refractivity contribution in [2.45, 2.75) is 0 Å². The number of nitrogens with zero attached hydrogens (tertiary/aromatic N) is 5. The molecule has 2 N–H and O–H groups in total. The molecule has 0 aliphatic heterocycles. The lowest BCUT2D eigenvalue weighted by Crippen LogP contribution is -1.90. The quantitative estimate of drug-likeness (QED) is 0.603. The second-order valence-corrected chi connectivity index (χ2v) is 3.35. The third-order valence-corrected chi connectivity index (χ3v) is 2.24. The third-order valence-electron chi connectivity index (χ3n) is 2.24. The lowest BCUT2D eigenvalue weighted by Gasteiger charge is -1.95. The Morgan fingerprint density at radius 1 is 1.39 bits per heavy atom. The molecule has 3 aromatic heterocycles. The minimum atomic E-state index is -0.250. The minimum absolute atomic E-state index is 0.250. The SMILES string of the molecule is Cn1cnc2nc(-c3cn[nH]c3)ncc21.O=CO. The Kier molecular flexibility index (Phi) is 3.28. The fraction of sp³-hybridized carbons (Fsp3) is 0.100. The molecule has 8 heteroatoms. The monoisotopic (exact) mass is 246 g/mol. The number of nitrogens with one attached hydrogen (secondary N) is 1. The van der Waals surface area contributed by atoms with Gasteiger partial charge in [-0.3, -0.25) is 9.89 Å². The fourth-order valence-corrected chi connectivity index (χ4v) is 1.43. The van der Waals surface area contributed by atoms with Crippen LogP contribution in [0.1, 0.15) is 0 Å². The van der Waals surface area contributed by atoms with Gasteiger partial charge in [-0.25, -0.2) is 15.0 Å². The summed E-state index contributed by atoms with van der Waals surface area (Å²) in [5.41, 5.74) is 2.48. The Morgan fingerprint density at radius 2 is 2.17 bits per heavy atom. The Balaban J connectivity index is 0.000000367. The third kappa shape index (κ3) is 2.17. The summed E-state index contributed by atoms with van der Waals surface area (Å²) in [6.45, 7) is -0.250. The molecule has 0 aliphatic carbocycles. The van der Waals surface area contributed by atoms with Gasteiger partial charge in [0.15, 0.2) is 11.5 Å². The van der Waals surface area contributed by atoms with Crippen LogP contribution in [0.15, 0.2) is 24.9 Å². The molecule has 0 atom stereocenters. The largest absolute Gasteiger partial charge is 0.483 e. The van der Waals surface area contributed by atoms with Crippen molar-refractivity contribution in [1.82, 2.24) is 29.7 Å². The van der Waals surface area contributed by atoms with Gasteiger partial charge in [-0.2, -0.15) is 5.10 Å². The summed E-state index contributed by atoms with van der Waals surface area (Å²) in [7, 11) is 1.91. The maximum absolute atomic E-state index is 8.36. The van der Waals surface area contributed by atoms with E-state index in [9.17, 15) is 0 Å². The smallest absolute Gasteiger partial charge is 0.290 e. The molecule has 3 aromatic rings. The number of imidazole rings is 1. The first-order valence-corrected chi connectivity index (χ1v) is 4.97. The molecule has 0 aliphatic rings. The van der Waals surface area contributed by atoms with Crippen LogP contribution in [0.5, 0.6) is 0 Å². The Bertz CT molecular complexity index is 645. The van der Waals surface area contributed by atoms with Crippen LogP contribution in [-0.2, 0) is 11.8 Å². The van der Waals surface area contributed by atoms with Crippen molar-refractivity contribution < 1.29 is 9.90 Å². The minimum Gasteiger partial charge on any atom is -0.483 e. The van der Waals surface area contributed by atoms with Crippen molar-refractivity contribution in [3.05, 3.63) is 24.9 Å². The van der Waals surface area contributed by atoms with E-state index < -0.39 is 0 Å². The summed E-state index contributed by atoms with van der Waals surface area (Å²) in [5, 5.41) is 13.5. The van der Waals surface area contributed by atoms with Crippen LogP contribution in [0.2, 0.25) is 0 Å². The van der Waals surface area contributed by atoms with Gasteiger partial charge in [0.2, 0.25) is 0 Å². The summed E-state index contributed by atoms with van der Waals surface area (Å²) in [4.78, 5) is 21.1. The summed E-state index contributed by atoms with van der Waals surface area (Å²) >= 11 is 0. The highest BCUT2D eigenvalue weighted by Gasteiger charge is 2.06. The first-order valence-electron chi connectivity index (χ1n) is 4.97. The average Bonchev–Trinajstić information content (AvgIpc) is 3.00. The Hall–Kier alpha value is -2.77. The number of aryl methyl sites for hydroxylation is 1. The Morgan fingerprint density at radius 3 is 2.83 bits per heavy atom. The van der Waals surface area contributed by atoms with Crippen molar-refractivity contribution in [2.75, 3.05) is 0 Å². The molecule has 0 saturated carbocycles. The molecular weight excluding hydrogens is 236 g/mol. The first-order chi connectivity index (χ1) is 8.76. The van der Waals surface area contributed by atoms with Gasteiger partial charge in [0.1, 0.15) is 5.52 Å². The molecule has 3 heterocycles. The standard InChI is InChI=1S/C9H8N6.CH2O2/c1-15-5-11-9-7(15)4-10-8(14-9)6-2-12-13-3-6;2-1-3/h2-5H,1H3,(H,12,13);1H,(H,2,3). The maximum atomic E-state index is 8.36. The summed E-state index contributed by atoms with van der Waals surface area (Å²) < 4.78 is 1.88. The van der Waals surface area contributed by atoms with Gasteiger partial charge in [-0.15, -0.1) is 0 Å². The molecule has 18 heavy (non-hydrogen) atoms. The van der Waals surface area contributed by atoms with Crippen molar-refractivity contribution >= 4 is 17.6 Å². The first kappa shape index (κ1) is 11.7. The van der Waals surface area contributed by atoms with Crippen molar-refractivity contribution in [3.8, 4) is 11.4 Å². The molecule has 0 bridgehead atoms. The van der Waals surface area contributed by atoms with Crippen LogP contribution < -0.4 is 0 Å². The Labute approximate surface area is 101 Å². The number of carboxylic acid groups (broad SMARTS) is 1. The number of aromatic nitrogens is 6. The highest BCUT2D eigenvalue weighted by Crippen LogP contribution is 2.15. The van der Waals surface area contributed by atoms with Crippen LogP contribution in [0, 0.1) is 0 Å². The van der Waals surface area contributed by atoms with Crippen molar-refractivity contribution in [3.63, 3.8) is 0 Å². The second-order valence-electron chi connectivity index (χ2n) is 3.35. The lowest BCUT2D eigenvalue weighted by molar-refractivity contribution is -0.122. The van der Waals surface area contributed by atoms with Crippen LogP contribution in [0.3, 0.4) is 0 Å². The normalized spacial score (nSPS) is 9.83. The zero-order chi connectivity index (χ0) is 13.0. The van der Waals surface area contributed by atoms with Gasteiger partial charge >= 0.3 is 0 Å². The van der Waals surface area contributed by atoms with Gasteiger partial charge < -0.3 is 9.67 Å². The number of carbonyl (C=O) groups is 1. The van der Waals surface area contributed by atoms with Gasteiger partial charge in [0.05, 0.1) is 24.3 Å². The van der Waals surface area contributed by atoms with Crippen LogP contribution in [-0.4, -0.2) is 41.3 Å². The highest BCUT2D eigenvalue weighted by molar-refractivity contribution is 5.72. The van der Waals surface area contributed by atoms with E-state index in [2.05, 4.69) is 25.1 Å². The van der Waals surface area contributed by atoms with Crippen LogP contribution in [0.4, 0.5) is 0 Å². The summed E-state index contributed by atoms with van der Waals surface area (Å²) in [5.74, 6) is 0.634. The molecule has 0 amide bonds. The molecule has 0 unspecified atom stereocenters. The van der Waals surface area contributed by atoms with E-state index in [0.717, 1.165) is 11.1 Å². The van der Waals surface area contributed by atoms with Gasteiger partial charge in [0.25, 0.3) is 6.47 Å². The number of hydrogen-bond donors (Lipinski definition) is 2. The number of H-pyrrole nitrogens is 1. The van der Waals surface area contributed by atoms with Gasteiger partial charge in [-0.1, -0.05) is 0 Å². The molecule has 0 radical (unpaired) electrons. The second kappa shape index (κ2) is 5.04. The van der Waals surface area contributed by atoms with E-state index in [1.165, 1.54) is 0 Å². The van der Waals surface area contributed by atoms with E-state index in [0.29, 0.717) is 11.5 Å². The number of hydrogen-bond acceptors (Lipinski definition) is 5. The number of rotatable bonds is 1. The van der Waals surface area contributed by atoms with Gasteiger partial charge in [0, 0.05) is 13.2 Å². The zero-order valence-corrected chi connectivity index (χ0v) is 9.48. The highest BCUT2D eigenvalue weighted by atomic mass is 16.3. The van der Waals surface area contributed by atoms with Crippen LogP contribution in [0.25, 0.3) is 22.6 Å². The molecule has 0 spiro atoms. The molecule has 92 valence electrons. The van der Waals surface area contributed by atoms with Gasteiger partial charge in [-0.05, 0) is 0 Å². The van der Waals surface area contributed by atoms with E-state index in [1.807, 2.05) is 11.6 Å². The summed E-state index contributed by atoms with van der Waals surface area (Å²) in [6, 6.07) is 0. The predicted octanol–water partition coefficient (Wildman–Crippen LogP) is 0.454. The number of fused-ring (bicyclic) bond motifs is 1. The maximum Gasteiger partial charge on any atom is 0.290 e. The molecular formula is C10H10N6O2. The van der Waals surface area contributed by atoms with E-state index in [1.54, 1.807) is 24.9 Å².